The number of allylic oxidation sites excluding steroid dienone is 1. The first-order valence-corrected chi connectivity index (χ1v) is 13.7. The van der Waals surface area contributed by atoms with Crippen molar-refractivity contribution in [3.8, 4) is 5.75 Å². The van der Waals surface area contributed by atoms with E-state index in [9.17, 15) is 14.4 Å². The Kier molecular flexibility index (Phi) is 10.5. The maximum absolute atomic E-state index is 12.9. The number of para-hydroxylation sites is 1. The third-order valence-corrected chi connectivity index (χ3v) is 7.38. The number of nitrogens with one attached hydrogen (secondary N) is 1. The van der Waals surface area contributed by atoms with E-state index in [2.05, 4.69) is 22.1 Å². The first kappa shape index (κ1) is 28.9. The van der Waals surface area contributed by atoms with Crippen molar-refractivity contribution in [3.05, 3.63) is 64.3 Å². The van der Waals surface area contributed by atoms with Gasteiger partial charge in [-0.25, -0.2) is 9.59 Å². The van der Waals surface area contributed by atoms with Crippen LogP contribution in [-0.4, -0.2) is 51.6 Å². The molecule has 0 radical (unpaired) electrons. The van der Waals surface area contributed by atoms with E-state index in [-0.39, 0.29) is 46.9 Å². The molecule has 202 valence electrons. The summed E-state index contributed by atoms with van der Waals surface area (Å²) < 4.78 is 18.0. The molecule has 2 heterocycles. The monoisotopic (exact) mass is 558 g/mol. The van der Waals surface area contributed by atoms with E-state index < -0.39 is 11.9 Å². The van der Waals surface area contributed by atoms with Gasteiger partial charge in [0.15, 0.2) is 11.0 Å². The van der Waals surface area contributed by atoms with Crippen LogP contribution in [0.15, 0.2) is 42.1 Å². The van der Waals surface area contributed by atoms with E-state index in [1.54, 1.807) is 26.8 Å². The van der Waals surface area contributed by atoms with E-state index in [0.717, 1.165) is 22.6 Å². The fourth-order valence-electron chi connectivity index (χ4n) is 3.44. The van der Waals surface area contributed by atoms with E-state index in [0.29, 0.717) is 23.1 Å². The molecule has 3 rings (SSSR count). The number of rotatable bonds is 13. The Morgan fingerprint density at radius 3 is 2.50 bits per heavy atom. The first-order chi connectivity index (χ1) is 18.3. The number of aromatic nitrogens is 3. The Bertz CT molecular complexity index is 1320. The topological polar surface area (TPSA) is 122 Å². The summed E-state index contributed by atoms with van der Waals surface area (Å²) in [5, 5.41) is 11.9. The molecule has 3 aromatic rings. The van der Waals surface area contributed by atoms with Crippen LogP contribution in [0, 0.1) is 13.8 Å². The Morgan fingerprint density at radius 2 is 1.82 bits per heavy atom. The smallest absolute Gasteiger partial charge is 0.348 e. The van der Waals surface area contributed by atoms with Gasteiger partial charge in [0.05, 0.1) is 24.5 Å². The van der Waals surface area contributed by atoms with Crippen LogP contribution < -0.4 is 10.1 Å². The Labute approximate surface area is 229 Å². The molecule has 2 aromatic heterocycles. The lowest BCUT2D eigenvalue weighted by atomic mass is 10.1. The highest BCUT2D eigenvalue weighted by molar-refractivity contribution is 7.99. The number of thioether (sulfide) groups is 1. The summed E-state index contributed by atoms with van der Waals surface area (Å²) in [5.74, 6) is -0.240. The van der Waals surface area contributed by atoms with Gasteiger partial charge < -0.3 is 19.5 Å². The molecule has 1 N–H and O–H groups in total. The summed E-state index contributed by atoms with van der Waals surface area (Å²) in [4.78, 5) is 38.0. The predicted molar refractivity (Wildman–Crippen MR) is 146 cm³/mol. The minimum absolute atomic E-state index is 0.0120. The molecule has 0 bridgehead atoms. The Hall–Kier alpha value is -3.64. The van der Waals surface area contributed by atoms with Gasteiger partial charge in [-0.2, -0.15) is 0 Å². The summed E-state index contributed by atoms with van der Waals surface area (Å²) in [6.45, 7) is 11.7. The molecule has 12 heteroatoms. The molecule has 0 spiro atoms. The zero-order chi connectivity index (χ0) is 27.7. The fourth-order valence-corrected chi connectivity index (χ4v) is 5.31. The van der Waals surface area contributed by atoms with Crippen LogP contribution in [0.25, 0.3) is 0 Å². The molecule has 10 nitrogen and oxygen atoms in total. The van der Waals surface area contributed by atoms with Gasteiger partial charge in [0.2, 0.25) is 5.91 Å². The fraction of sp³-hybridized carbons (Fsp3) is 0.346. The number of carbonyl (C=O) groups is 3. The third kappa shape index (κ3) is 7.01. The number of benzene rings is 1. The van der Waals surface area contributed by atoms with Gasteiger partial charge in [-0.05, 0) is 44.9 Å². The van der Waals surface area contributed by atoms with Crippen molar-refractivity contribution in [2.45, 2.75) is 46.0 Å². The number of hydrogen-bond donors (Lipinski definition) is 1. The maximum atomic E-state index is 12.9. The normalized spacial score (nSPS) is 10.6. The molecule has 0 aliphatic carbocycles. The molecule has 1 aromatic carbocycles. The van der Waals surface area contributed by atoms with E-state index in [1.165, 1.54) is 11.8 Å². The molecule has 0 aliphatic rings. The standard InChI is InChI=1S/C26H30N4O6S2/c1-6-13-30-19(14-36-18-12-10-9-11-16(18)4)28-29-26(30)37-15-20(31)27-23-21(24(32)34-7-2)17(5)22(38-23)25(33)35-8-3/h6,9-12H,1,7-8,13-15H2,2-5H3,(H,27,31). The number of nitrogens with zero attached hydrogens (tertiary/aromatic N) is 3. The molecule has 0 unspecified atom stereocenters. The lowest BCUT2D eigenvalue weighted by Crippen LogP contribution is -2.17. The number of carbonyl (C=O) groups excluding carboxylic acids is 3. The number of esters is 2. The molecule has 38 heavy (non-hydrogen) atoms. The number of thiophene rings is 1. The average molecular weight is 559 g/mol. The highest BCUT2D eigenvalue weighted by Crippen LogP contribution is 2.34. The second-order valence-corrected chi connectivity index (χ2v) is 9.85. The lowest BCUT2D eigenvalue weighted by molar-refractivity contribution is -0.113. The van der Waals surface area contributed by atoms with Crippen LogP contribution in [0.4, 0.5) is 5.00 Å². The predicted octanol–water partition coefficient (Wildman–Crippen LogP) is 4.81. The molecule has 1 amide bonds. The van der Waals surface area contributed by atoms with Crippen molar-refractivity contribution in [1.82, 2.24) is 14.8 Å². The zero-order valence-electron chi connectivity index (χ0n) is 21.7. The molecule has 0 aliphatic heterocycles. The van der Waals surface area contributed by atoms with Gasteiger partial charge >= 0.3 is 11.9 Å². The SMILES string of the molecule is C=CCn1c(COc2ccccc2C)nnc1SCC(=O)Nc1sc(C(=O)OCC)c(C)c1C(=O)OCC. The van der Waals surface area contributed by atoms with Crippen molar-refractivity contribution in [2.24, 2.45) is 0 Å². The second kappa shape index (κ2) is 13.8. The van der Waals surface area contributed by atoms with Gasteiger partial charge in [0.1, 0.15) is 22.2 Å². The maximum Gasteiger partial charge on any atom is 0.348 e. The first-order valence-electron chi connectivity index (χ1n) is 11.9. The van der Waals surface area contributed by atoms with Gasteiger partial charge in [-0.1, -0.05) is 36.0 Å². The minimum Gasteiger partial charge on any atom is -0.485 e. The quantitative estimate of drug-likeness (QED) is 0.179. The highest BCUT2D eigenvalue weighted by Gasteiger charge is 2.27. The summed E-state index contributed by atoms with van der Waals surface area (Å²) in [5.41, 5.74) is 1.55. The zero-order valence-corrected chi connectivity index (χ0v) is 23.4. The second-order valence-electron chi connectivity index (χ2n) is 7.89. The number of anilines is 1. The van der Waals surface area contributed by atoms with E-state index >= 15 is 0 Å². The summed E-state index contributed by atoms with van der Waals surface area (Å²) in [6, 6.07) is 7.68. The van der Waals surface area contributed by atoms with Crippen LogP contribution in [-0.2, 0) is 27.4 Å². The molecular weight excluding hydrogens is 528 g/mol. The Morgan fingerprint density at radius 1 is 1.11 bits per heavy atom. The molecular formula is C26H30N4O6S2. The van der Waals surface area contributed by atoms with Crippen molar-refractivity contribution in [2.75, 3.05) is 24.3 Å². The molecule has 0 saturated heterocycles. The van der Waals surface area contributed by atoms with Crippen LogP contribution in [0.3, 0.4) is 0 Å². The summed E-state index contributed by atoms with van der Waals surface area (Å²) in [7, 11) is 0. The summed E-state index contributed by atoms with van der Waals surface area (Å²) >= 11 is 2.16. The highest BCUT2D eigenvalue weighted by atomic mass is 32.2. The van der Waals surface area contributed by atoms with Crippen molar-refractivity contribution < 1.29 is 28.6 Å². The number of amides is 1. The van der Waals surface area contributed by atoms with Crippen molar-refractivity contribution in [3.63, 3.8) is 0 Å². The van der Waals surface area contributed by atoms with Crippen LogP contribution in [0.5, 0.6) is 5.75 Å². The van der Waals surface area contributed by atoms with E-state index in [1.807, 2.05) is 35.8 Å². The average Bonchev–Trinajstić information content (AvgIpc) is 3.42. The number of ether oxygens (including phenoxy) is 3. The van der Waals surface area contributed by atoms with Crippen LogP contribution in [0.2, 0.25) is 0 Å². The van der Waals surface area contributed by atoms with Gasteiger partial charge in [0, 0.05) is 6.54 Å². The molecule has 0 fully saturated rings. The van der Waals surface area contributed by atoms with Crippen LogP contribution in [0.1, 0.15) is 50.8 Å². The molecule has 0 saturated carbocycles. The van der Waals surface area contributed by atoms with E-state index in [4.69, 9.17) is 14.2 Å². The van der Waals surface area contributed by atoms with Crippen LogP contribution >= 0.6 is 23.1 Å². The number of aryl methyl sites for hydroxylation is 1. The lowest BCUT2D eigenvalue weighted by Gasteiger charge is -2.10. The number of hydrogen-bond acceptors (Lipinski definition) is 10. The van der Waals surface area contributed by atoms with Gasteiger partial charge in [-0.3, -0.25) is 9.36 Å². The summed E-state index contributed by atoms with van der Waals surface area (Å²) in [6.07, 6.45) is 1.71. The minimum atomic E-state index is -0.622. The molecule has 0 atom stereocenters. The van der Waals surface area contributed by atoms with Gasteiger partial charge in [-0.15, -0.1) is 28.1 Å². The van der Waals surface area contributed by atoms with Crippen molar-refractivity contribution >= 4 is 45.9 Å². The van der Waals surface area contributed by atoms with Gasteiger partial charge in [0.25, 0.3) is 0 Å². The third-order valence-electron chi connectivity index (χ3n) is 5.23. The Balaban J connectivity index is 1.73. The van der Waals surface area contributed by atoms with Crippen molar-refractivity contribution in [1.29, 1.82) is 0 Å². The largest absolute Gasteiger partial charge is 0.485 e.